The van der Waals surface area contributed by atoms with Crippen LogP contribution < -0.4 is 30.8 Å². The van der Waals surface area contributed by atoms with Gasteiger partial charge in [-0.2, -0.15) is 0 Å². The van der Waals surface area contributed by atoms with E-state index in [2.05, 4.69) is 187 Å². The molecule has 4 nitrogen and oxygen atoms in total. The first-order chi connectivity index (χ1) is 28.3. The number of nitrogens with zero attached hydrogens (tertiary/aromatic N) is 1. The fourth-order valence-electron chi connectivity index (χ4n) is 8.99. The Labute approximate surface area is 329 Å². The second-order valence-corrected chi connectivity index (χ2v) is 14.8. The van der Waals surface area contributed by atoms with E-state index in [1.807, 2.05) is 12.1 Å². The van der Waals surface area contributed by atoms with Gasteiger partial charge in [0.2, 0.25) is 0 Å². The molecule has 0 saturated carbocycles. The molecule has 0 atom stereocenters. The first-order valence-corrected chi connectivity index (χ1v) is 19.4. The summed E-state index contributed by atoms with van der Waals surface area (Å²) in [6, 6.07) is 68.3. The molecule has 12 rings (SSSR count). The van der Waals surface area contributed by atoms with E-state index in [-0.39, 0.29) is 6.71 Å². The lowest BCUT2D eigenvalue weighted by molar-refractivity contribution is 0.462. The predicted molar refractivity (Wildman–Crippen MR) is 234 cm³/mol. The molecule has 0 aliphatic carbocycles. The van der Waals surface area contributed by atoms with Crippen LogP contribution in [0.5, 0.6) is 23.0 Å². The van der Waals surface area contributed by atoms with Gasteiger partial charge in [-0.25, -0.2) is 0 Å². The number of benzene rings is 9. The molecule has 0 fully saturated rings. The van der Waals surface area contributed by atoms with Crippen molar-refractivity contribution >= 4 is 72.9 Å². The monoisotopic (exact) mass is 729 g/mol. The minimum atomic E-state index is -0.0389. The van der Waals surface area contributed by atoms with Gasteiger partial charge in [0, 0.05) is 39.1 Å². The maximum atomic E-state index is 7.04. The number of ether oxygens (including phenoxy) is 2. The largest absolute Gasteiger partial charge is 0.458 e. The molecule has 57 heavy (non-hydrogen) atoms. The summed E-state index contributed by atoms with van der Waals surface area (Å²) in [5, 5.41) is 4.19. The molecule has 1 aromatic heterocycles. The van der Waals surface area contributed by atoms with Crippen molar-refractivity contribution in [2.75, 3.05) is 4.90 Å². The molecular weight excluding hydrogens is 697 g/mol. The smallest absolute Gasteiger partial charge is 0.260 e. The van der Waals surface area contributed by atoms with Crippen LogP contribution in [0.15, 0.2) is 199 Å². The third-order valence-electron chi connectivity index (χ3n) is 11.6. The fraction of sp³-hybridized carbons (Fsp3) is 0. The van der Waals surface area contributed by atoms with Crippen LogP contribution >= 0.6 is 0 Å². The van der Waals surface area contributed by atoms with Gasteiger partial charge in [0.15, 0.2) is 11.3 Å². The van der Waals surface area contributed by atoms with Crippen molar-refractivity contribution < 1.29 is 13.9 Å². The number of rotatable bonds is 5. The molecule has 0 unspecified atom stereocenters. The summed E-state index contributed by atoms with van der Waals surface area (Å²) in [7, 11) is 0. The highest BCUT2D eigenvalue weighted by Crippen LogP contribution is 2.48. The summed E-state index contributed by atoms with van der Waals surface area (Å²) in [6.45, 7) is -0.0389. The minimum absolute atomic E-state index is 0.0389. The fourth-order valence-corrected chi connectivity index (χ4v) is 8.99. The van der Waals surface area contributed by atoms with Gasteiger partial charge in [-0.1, -0.05) is 146 Å². The third kappa shape index (κ3) is 4.95. The topological polar surface area (TPSA) is 34.8 Å². The van der Waals surface area contributed by atoms with Crippen LogP contribution in [-0.2, 0) is 0 Å². The Hall–Kier alpha value is -7.50. The zero-order chi connectivity index (χ0) is 37.5. The molecular formula is C52H32BNO3. The summed E-state index contributed by atoms with van der Waals surface area (Å²) in [4.78, 5) is 2.34. The highest BCUT2D eigenvalue weighted by Gasteiger charge is 2.42. The van der Waals surface area contributed by atoms with Crippen LogP contribution in [0, 0.1) is 0 Å². The first kappa shape index (κ1) is 31.8. The van der Waals surface area contributed by atoms with Gasteiger partial charge in [0.1, 0.15) is 22.8 Å². The van der Waals surface area contributed by atoms with E-state index in [4.69, 9.17) is 13.9 Å². The Balaban J connectivity index is 1.09. The van der Waals surface area contributed by atoms with E-state index in [1.165, 1.54) is 22.3 Å². The zero-order valence-corrected chi connectivity index (χ0v) is 30.7. The standard InChI is InChI=1S/C52H32BNO3/c1-3-13-33(14-4-1)35-23-27-37(28-24-35)54(38-29-25-36(26-30-38)34-15-5-2-6-16-34)44-32-47-49(40-18-8-7-17-39(40)44)41-31-48-50-52(51(41)57-47)56-46-22-12-10-20-43(46)53(50)42-19-9-11-21-45(42)55-48/h1-32H. The molecule has 10 aromatic rings. The van der Waals surface area contributed by atoms with Crippen molar-refractivity contribution in [2.45, 2.75) is 0 Å². The van der Waals surface area contributed by atoms with Crippen molar-refractivity contribution in [3.05, 3.63) is 194 Å². The van der Waals surface area contributed by atoms with Crippen molar-refractivity contribution in [2.24, 2.45) is 0 Å². The maximum absolute atomic E-state index is 7.04. The summed E-state index contributed by atoms with van der Waals surface area (Å²) in [5.74, 6) is 3.21. The van der Waals surface area contributed by atoms with E-state index in [1.54, 1.807) is 0 Å². The normalized spacial score (nSPS) is 12.5. The van der Waals surface area contributed by atoms with Crippen LogP contribution in [-0.4, -0.2) is 6.71 Å². The van der Waals surface area contributed by atoms with Gasteiger partial charge < -0.3 is 18.8 Å². The Morgan fingerprint density at radius 3 is 1.53 bits per heavy atom. The molecule has 5 heteroatoms. The molecule has 3 heterocycles. The van der Waals surface area contributed by atoms with E-state index in [9.17, 15) is 0 Å². The summed E-state index contributed by atoms with van der Waals surface area (Å²) in [5.41, 5.74) is 12.5. The summed E-state index contributed by atoms with van der Waals surface area (Å²) in [6.07, 6.45) is 0. The summed E-state index contributed by atoms with van der Waals surface area (Å²) >= 11 is 0. The molecule has 0 amide bonds. The molecule has 266 valence electrons. The van der Waals surface area contributed by atoms with Crippen LogP contribution in [0.2, 0.25) is 0 Å². The molecule has 0 bridgehead atoms. The first-order valence-electron chi connectivity index (χ1n) is 19.4. The highest BCUT2D eigenvalue weighted by atomic mass is 16.5. The number of furan rings is 1. The number of hydrogen-bond donors (Lipinski definition) is 0. The molecule has 0 spiro atoms. The average molecular weight is 730 g/mol. The van der Waals surface area contributed by atoms with Crippen LogP contribution in [0.3, 0.4) is 0 Å². The Kier molecular flexibility index (Phi) is 6.99. The van der Waals surface area contributed by atoms with Gasteiger partial charge >= 0.3 is 0 Å². The predicted octanol–water partition coefficient (Wildman–Crippen LogP) is 12.3. The van der Waals surface area contributed by atoms with Crippen LogP contribution in [0.25, 0.3) is 55.0 Å². The highest BCUT2D eigenvalue weighted by molar-refractivity contribution is 6.98. The van der Waals surface area contributed by atoms with E-state index in [0.29, 0.717) is 5.75 Å². The van der Waals surface area contributed by atoms with Crippen LogP contribution in [0.4, 0.5) is 17.1 Å². The van der Waals surface area contributed by atoms with Gasteiger partial charge in [0.25, 0.3) is 6.71 Å². The minimum Gasteiger partial charge on any atom is -0.458 e. The molecule has 0 saturated heterocycles. The lowest BCUT2D eigenvalue weighted by atomic mass is 9.35. The maximum Gasteiger partial charge on any atom is 0.260 e. The SMILES string of the molecule is c1ccc(-c2ccc(N(c3ccc(-c4ccccc4)cc3)c3cc4oc5c6c7c(cc5c4c4ccccc34)Oc3ccccc3B7c3ccccc3O6)cc2)cc1. The van der Waals surface area contributed by atoms with Crippen molar-refractivity contribution in [3.8, 4) is 45.3 Å². The number of anilines is 3. The number of fused-ring (bicyclic) bond motifs is 10. The van der Waals surface area contributed by atoms with E-state index >= 15 is 0 Å². The van der Waals surface area contributed by atoms with Crippen LogP contribution in [0.1, 0.15) is 0 Å². The molecule has 9 aromatic carbocycles. The lowest BCUT2D eigenvalue weighted by Gasteiger charge is -2.32. The average Bonchev–Trinajstić information content (AvgIpc) is 3.66. The van der Waals surface area contributed by atoms with E-state index < -0.39 is 0 Å². The van der Waals surface area contributed by atoms with Crippen molar-refractivity contribution in [3.63, 3.8) is 0 Å². The van der Waals surface area contributed by atoms with Gasteiger partial charge in [-0.05, 0) is 81.0 Å². The van der Waals surface area contributed by atoms with E-state index in [0.717, 1.165) is 83.4 Å². The Morgan fingerprint density at radius 1 is 0.404 bits per heavy atom. The Bertz CT molecular complexity index is 3080. The zero-order valence-electron chi connectivity index (χ0n) is 30.7. The second kappa shape index (κ2) is 12.5. The molecule has 0 N–H and O–H groups in total. The quantitative estimate of drug-likeness (QED) is 0.165. The number of para-hydroxylation sites is 2. The molecule has 0 radical (unpaired) electrons. The lowest BCUT2D eigenvalue weighted by Crippen LogP contribution is -2.57. The third-order valence-corrected chi connectivity index (χ3v) is 11.6. The second-order valence-electron chi connectivity index (χ2n) is 14.8. The Morgan fingerprint density at radius 2 is 0.912 bits per heavy atom. The molecule has 2 aliphatic heterocycles. The van der Waals surface area contributed by atoms with Crippen molar-refractivity contribution in [1.82, 2.24) is 0 Å². The number of hydrogen-bond acceptors (Lipinski definition) is 4. The van der Waals surface area contributed by atoms with Gasteiger partial charge in [-0.15, -0.1) is 0 Å². The van der Waals surface area contributed by atoms with Gasteiger partial charge in [0.05, 0.1) is 5.69 Å². The van der Waals surface area contributed by atoms with Gasteiger partial charge in [-0.3, -0.25) is 0 Å². The summed E-state index contributed by atoms with van der Waals surface area (Å²) < 4.78 is 20.6. The van der Waals surface area contributed by atoms with Crippen molar-refractivity contribution in [1.29, 1.82) is 0 Å². The molecule has 2 aliphatic rings.